The SMILES string of the molecule is Cc1ccc(S(=O)(=O)Nc2cc(Br)ccn2)c(C)c1. The van der Waals surface area contributed by atoms with Gasteiger partial charge in [-0.3, -0.25) is 4.72 Å². The molecule has 0 amide bonds. The molecule has 0 unspecified atom stereocenters. The van der Waals surface area contributed by atoms with E-state index in [1.807, 2.05) is 13.0 Å². The predicted molar refractivity (Wildman–Crippen MR) is 78.7 cm³/mol. The highest BCUT2D eigenvalue weighted by atomic mass is 79.9. The maximum atomic E-state index is 12.3. The van der Waals surface area contributed by atoms with Crippen molar-refractivity contribution in [1.29, 1.82) is 0 Å². The zero-order valence-electron chi connectivity index (χ0n) is 10.5. The van der Waals surface area contributed by atoms with Crippen LogP contribution in [-0.2, 0) is 10.0 Å². The number of hydrogen-bond donors (Lipinski definition) is 1. The fraction of sp³-hybridized carbons (Fsp3) is 0.154. The van der Waals surface area contributed by atoms with E-state index < -0.39 is 10.0 Å². The number of benzene rings is 1. The van der Waals surface area contributed by atoms with Gasteiger partial charge in [0.2, 0.25) is 0 Å². The molecule has 0 bridgehead atoms. The van der Waals surface area contributed by atoms with Gasteiger partial charge >= 0.3 is 0 Å². The molecule has 100 valence electrons. The molecule has 0 saturated carbocycles. The fourth-order valence-electron chi connectivity index (χ4n) is 1.75. The Morgan fingerprint density at radius 3 is 2.53 bits per heavy atom. The van der Waals surface area contributed by atoms with Crippen LogP contribution < -0.4 is 4.72 Å². The number of nitrogens with one attached hydrogen (secondary N) is 1. The van der Waals surface area contributed by atoms with Crippen molar-refractivity contribution >= 4 is 31.8 Å². The largest absolute Gasteiger partial charge is 0.263 e. The topological polar surface area (TPSA) is 59.1 Å². The lowest BCUT2D eigenvalue weighted by molar-refractivity contribution is 0.600. The van der Waals surface area contributed by atoms with Crippen LogP contribution in [0, 0.1) is 13.8 Å². The zero-order valence-corrected chi connectivity index (χ0v) is 12.9. The zero-order chi connectivity index (χ0) is 14.0. The number of pyridine rings is 1. The number of anilines is 1. The number of sulfonamides is 1. The predicted octanol–water partition coefficient (Wildman–Crippen LogP) is 3.26. The van der Waals surface area contributed by atoms with Gasteiger partial charge in [0.1, 0.15) is 5.82 Å². The minimum absolute atomic E-state index is 0.264. The second-order valence-electron chi connectivity index (χ2n) is 4.23. The Balaban J connectivity index is 2.38. The third-order valence-electron chi connectivity index (χ3n) is 2.58. The van der Waals surface area contributed by atoms with Crippen LogP contribution in [0.1, 0.15) is 11.1 Å². The van der Waals surface area contributed by atoms with Gasteiger partial charge in [0, 0.05) is 10.7 Å². The summed E-state index contributed by atoms with van der Waals surface area (Å²) in [5, 5.41) is 0. The minimum Gasteiger partial charge on any atom is -0.263 e. The molecule has 1 aromatic heterocycles. The first kappa shape index (κ1) is 14.0. The Labute approximate surface area is 121 Å². The molecule has 0 spiro atoms. The summed E-state index contributed by atoms with van der Waals surface area (Å²) in [6.45, 7) is 3.70. The van der Waals surface area contributed by atoms with E-state index in [1.54, 1.807) is 31.2 Å². The Morgan fingerprint density at radius 1 is 1.16 bits per heavy atom. The molecule has 0 aliphatic carbocycles. The molecule has 1 heterocycles. The van der Waals surface area contributed by atoms with Crippen LogP contribution in [0.2, 0.25) is 0 Å². The number of aryl methyl sites for hydroxylation is 2. The Morgan fingerprint density at radius 2 is 1.89 bits per heavy atom. The lowest BCUT2D eigenvalue weighted by Crippen LogP contribution is -2.15. The van der Waals surface area contributed by atoms with Gasteiger partial charge in [0.05, 0.1) is 4.90 Å². The molecular formula is C13H13BrN2O2S. The third kappa shape index (κ3) is 3.33. The third-order valence-corrected chi connectivity index (χ3v) is 4.59. The molecule has 0 aliphatic heterocycles. The number of hydrogen-bond acceptors (Lipinski definition) is 3. The molecule has 0 radical (unpaired) electrons. The molecular weight excluding hydrogens is 328 g/mol. The van der Waals surface area contributed by atoms with E-state index >= 15 is 0 Å². The molecule has 0 fully saturated rings. The van der Waals surface area contributed by atoms with Gasteiger partial charge in [0.25, 0.3) is 10.0 Å². The lowest BCUT2D eigenvalue weighted by Gasteiger charge is -2.10. The van der Waals surface area contributed by atoms with Crippen molar-refractivity contribution < 1.29 is 8.42 Å². The fourth-order valence-corrected chi connectivity index (χ4v) is 3.32. The van der Waals surface area contributed by atoms with Crippen molar-refractivity contribution in [3.8, 4) is 0 Å². The first-order chi connectivity index (χ1) is 8.88. The average Bonchev–Trinajstić information content (AvgIpc) is 2.27. The highest BCUT2D eigenvalue weighted by Crippen LogP contribution is 2.20. The van der Waals surface area contributed by atoms with Gasteiger partial charge in [-0.05, 0) is 37.6 Å². The summed E-state index contributed by atoms with van der Waals surface area (Å²) in [4.78, 5) is 4.24. The minimum atomic E-state index is -3.61. The maximum Gasteiger partial charge on any atom is 0.263 e. The summed E-state index contributed by atoms with van der Waals surface area (Å²) in [5.74, 6) is 0.286. The molecule has 1 aromatic carbocycles. The highest BCUT2D eigenvalue weighted by Gasteiger charge is 2.17. The highest BCUT2D eigenvalue weighted by molar-refractivity contribution is 9.10. The van der Waals surface area contributed by atoms with E-state index in [0.717, 1.165) is 10.0 Å². The Kier molecular flexibility index (Phi) is 3.91. The van der Waals surface area contributed by atoms with E-state index in [2.05, 4.69) is 25.6 Å². The van der Waals surface area contributed by atoms with E-state index in [1.165, 1.54) is 6.20 Å². The van der Waals surface area contributed by atoms with Gasteiger partial charge in [-0.15, -0.1) is 0 Å². The molecule has 6 heteroatoms. The first-order valence-electron chi connectivity index (χ1n) is 5.60. The van der Waals surface area contributed by atoms with Crippen molar-refractivity contribution in [3.05, 3.63) is 52.1 Å². The lowest BCUT2D eigenvalue weighted by atomic mass is 10.2. The monoisotopic (exact) mass is 340 g/mol. The van der Waals surface area contributed by atoms with Crippen molar-refractivity contribution in [3.63, 3.8) is 0 Å². The van der Waals surface area contributed by atoms with E-state index in [0.29, 0.717) is 5.56 Å². The molecule has 19 heavy (non-hydrogen) atoms. The molecule has 4 nitrogen and oxygen atoms in total. The summed E-state index contributed by atoms with van der Waals surface area (Å²) >= 11 is 3.28. The number of aromatic nitrogens is 1. The number of rotatable bonds is 3. The smallest absolute Gasteiger partial charge is 0.263 e. The first-order valence-corrected chi connectivity index (χ1v) is 7.88. The normalized spacial score (nSPS) is 11.3. The van der Waals surface area contributed by atoms with Crippen LogP contribution in [0.15, 0.2) is 45.9 Å². The van der Waals surface area contributed by atoms with Crippen LogP contribution in [0.3, 0.4) is 0 Å². The molecule has 2 rings (SSSR count). The Bertz CT molecular complexity index is 714. The van der Waals surface area contributed by atoms with Gasteiger partial charge in [-0.2, -0.15) is 0 Å². The average molecular weight is 341 g/mol. The van der Waals surface area contributed by atoms with Gasteiger partial charge < -0.3 is 0 Å². The van der Waals surface area contributed by atoms with E-state index in [-0.39, 0.29) is 10.7 Å². The number of nitrogens with zero attached hydrogens (tertiary/aromatic N) is 1. The summed E-state index contributed by atoms with van der Waals surface area (Å²) in [6.07, 6.45) is 1.53. The van der Waals surface area contributed by atoms with E-state index in [4.69, 9.17) is 0 Å². The standard InChI is InChI=1S/C13H13BrN2O2S/c1-9-3-4-12(10(2)7-9)19(17,18)16-13-8-11(14)5-6-15-13/h3-8H,1-2H3,(H,15,16). The van der Waals surface area contributed by atoms with Crippen molar-refractivity contribution in [2.24, 2.45) is 0 Å². The summed E-state index contributed by atoms with van der Waals surface area (Å²) in [5.41, 5.74) is 1.74. The second kappa shape index (κ2) is 5.30. The van der Waals surface area contributed by atoms with Crippen LogP contribution in [0.25, 0.3) is 0 Å². The van der Waals surface area contributed by atoms with Gasteiger partial charge in [0.15, 0.2) is 0 Å². The molecule has 0 saturated heterocycles. The Hall–Kier alpha value is -1.40. The van der Waals surface area contributed by atoms with Crippen molar-refractivity contribution in [1.82, 2.24) is 4.98 Å². The molecule has 2 aromatic rings. The van der Waals surface area contributed by atoms with Gasteiger partial charge in [-0.25, -0.2) is 13.4 Å². The van der Waals surface area contributed by atoms with Crippen LogP contribution in [0.4, 0.5) is 5.82 Å². The molecule has 0 atom stereocenters. The van der Waals surface area contributed by atoms with Crippen molar-refractivity contribution in [2.75, 3.05) is 4.72 Å². The van der Waals surface area contributed by atoms with Crippen LogP contribution in [-0.4, -0.2) is 13.4 Å². The summed E-state index contributed by atoms with van der Waals surface area (Å²) < 4.78 is 27.8. The quantitative estimate of drug-likeness (QED) is 0.932. The van der Waals surface area contributed by atoms with E-state index in [9.17, 15) is 8.42 Å². The van der Waals surface area contributed by atoms with Gasteiger partial charge in [-0.1, -0.05) is 33.6 Å². The summed E-state index contributed by atoms with van der Waals surface area (Å²) in [7, 11) is -3.61. The van der Waals surface area contributed by atoms with Crippen LogP contribution in [0.5, 0.6) is 0 Å². The van der Waals surface area contributed by atoms with Crippen LogP contribution >= 0.6 is 15.9 Å². The maximum absolute atomic E-state index is 12.3. The molecule has 0 aliphatic rings. The number of halogens is 1. The molecule has 1 N–H and O–H groups in total. The summed E-state index contributed by atoms with van der Waals surface area (Å²) in [6, 6.07) is 8.56. The second-order valence-corrected chi connectivity index (χ2v) is 6.80. The van der Waals surface area contributed by atoms with Crippen molar-refractivity contribution in [2.45, 2.75) is 18.7 Å².